The minimum absolute atomic E-state index is 0.0372. The van der Waals surface area contributed by atoms with E-state index in [1.807, 2.05) is 67.4 Å². The Morgan fingerprint density at radius 1 is 1.08 bits per heavy atom. The summed E-state index contributed by atoms with van der Waals surface area (Å²) in [6.45, 7) is 3.59. The molecule has 8 heteroatoms. The third kappa shape index (κ3) is 6.92. The van der Waals surface area contributed by atoms with Crippen molar-refractivity contribution >= 4 is 12.0 Å². The van der Waals surface area contributed by atoms with Crippen LogP contribution in [0.3, 0.4) is 0 Å². The van der Waals surface area contributed by atoms with Gasteiger partial charge in [-0.05, 0) is 76.6 Å². The first-order valence-electron chi connectivity index (χ1n) is 14.2. The maximum Gasteiger partial charge on any atom is 0.406 e. The number of benzene rings is 2. The number of aryl methyl sites for hydroxylation is 1. The van der Waals surface area contributed by atoms with Crippen molar-refractivity contribution in [3.05, 3.63) is 59.7 Å². The fraction of sp³-hybridized carbons (Fsp3) is 0.548. The van der Waals surface area contributed by atoms with Crippen LogP contribution in [0.4, 0.5) is 4.79 Å². The van der Waals surface area contributed by atoms with Crippen LogP contribution in [0, 0.1) is 18.8 Å². The zero-order valence-electron chi connectivity index (χ0n) is 23.4. The molecule has 4 unspecified atom stereocenters. The molecule has 2 fully saturated rings. The standard InChI is InChI=1S/C31H43N3O5/c1-22-10-4-6-13-27(22)39-28-14-7-5-12-26(28)31(37,17-9-18-33-30(36)38-3)24-11-8-19-34(21-24)29(35)23-15-16-25(20-23)32-2/h4-7,10,12-14,23-25,32,37H,8-9,11,15-21H2,1-3H3,(H,33,36). The van der Waals surface area contributed by atoms with Gasteiger partial charge in [0.15, 0.2) is 0 Å². The number of ether oxygens (including phenoxy) is 2. The smallest absolute Gasteiger partial charge is 0.406 e. The number of amides is 2. The first-order valence-corrected chi connectivity index (χ1v) is 14.2. The first kappa shape index (κ1) is 28.9. The van der Waals surface area contributed by atoms with Crippen molar-refractivity contribution in [2.24, 2.45) is 11.8 Å². The number of aliphatic hydroxyl groups is 1. The number of likely N-dealkylation sites (tertiary alicyclic amines) is 1. The van der Waals surface area contributed by atoms with E-state index < -0.39 is 11.7 Å². The Morgan fingerprint density at radius 2 is 1.82 bits per heavy atom. The fourth-order valence-electron chi connectivity index (χ4n) is 6.18. The molecule has 1 aliphatic heterocycles. The Labute approximate surface area is 232 Å². The van der Waals surface area contributed by atoms with Crippen LogP contribution in [0.25, 0.3) is 0 Å². The highest BCUT2D eigenvalue weighted by Crippen LogP contribution is 2.44. The minimum Gasteiger partial charge on any atom is -0.457 e. The molecule has 0 spiro atoms. The maximum atomic E-state index is 13.5. The zero-order chi connectivity index (χ0) is 27.8. The van der Waals surface area contributed by atoms with Gasteiger partial charge in [0.2, 0.25) is 5.91 Å². The highest BCUT2D eigenvalue weighted by molar-refractivity contribution is 5.79. The third-order valence-electron chi connectivity index (χ3n) is 8.45. The van der Waals surface area contributed by atoms with Gasteiger partial charge < -0.3 is 30.1 Å². The number of carbonyl (C=O) groups excluding carboxylic acids is 2. The first-order chi connectivity index (χ1) is 18.9. The van der Waals surface area contributed by atoms with E-state index in [9.17, 15) is 14.7 Å². The van der Waals surface area contributed by atoms with Gasteiger partial charge in [-0.3, -0.25) is 4.79 Å². The SMILES string of the molecule is CNC1CCC(C(=O)N2CCCC(C(O)(CCCNC(=O)OC)c3ccccc3Oc3ccccc3C)C2)C1. The van der Waals surface area contributed by atoms with E-state index in [1.165, 1.54) is 7.11 Å². The number of nitrogens with one attached hydrogen (secondary N) is 2. The van der Waals surface area contributed by atoms with Gasteiger partial charge in [-0.2, -0.15) is 0 Å². The lowest BCUT2D eigenvalue weighted by atomic mass is 9.73. The molecular weight excluding hydrogens is 494 g/mol. The molecule has 8 nitrogen and oxygen atoms in total. The van der Waals surface area contributed by atoms with E-state index >= 15 is 0 Å². The summed E-state index contributed by atoms with van der Waals surface area (Å²) >= 11 is 0. The van der Waals surface area contributed by atoms with Crippen LogP contribution in [0.1, 0.15) is 56.1 Å². The van der Waals surface area contributed by atoms with Crippen molar-refractivity contribution in [1.29, 1.82) is 0 Å². The number of hydrogen-bond acceptors (Lipinski definition) is 6. The molecule has 1 aliphatic carbocycles. The van der Waals surface area contributed by atoms with Gasteiger partial charge in [0.1, 0.15) is 11.5 Å². The summed E-state index contributed by atoms with van der Waals surface area (Å²) in [6, 6.07) is 15.9. The summed E-state index contributed by atoms with van der Waals surface area (Å²) in [5, 5.41) is 18.6. The molecule has 4 rings (SSSR count). The molecule has 0 radical (unpaired) electrons. The molecule has 2 aromatic rings. The zero-order valence-corrected chi connectivity index (χ0v) is 23.4. The summed E-state index contributed by atoms with van der Waals surface area (Å²) in [4.78, 5) is 27.1. The van der Waals surface area contributed by atoms with E-state index in [0.717, 1.165) is 50.0 Å². The van der Waals surface area contributed by atoms with Crippen LogP contribution in [0.15, 0.2) is 48.5 Å². The number of hydrogen-bond donors (Lipinski definition) is 3. The number of rotatable bonds is 10. The van der Waals surface area contributed by atoms with Gasteiger partial charge in [-0.25, -0.2) is 4.79 Å². The van der Waals surface area contributed by atoms with Crippen molar-refractivity contribution in [2.75, 3.05) is 33.8 Å². The fourth-order valence-corrected chi connectivity index (χ4v) is 6.18. The number of para-hydroxylation sites is 2. The van der Waals surface area contributed by atoms with Crippen LogP contribution in [-0.2, 0) is 15.1 Å². The molecule has 2 amide bonds. The number of carbonyl (C=O) groups is 2. The number of nitrogens with zero attached hydrogens (tertiary/aromatic N) is 1. The van der Waals surface area contributed by atoms with Crippen LogP contribution >= 0.6 is 0 Å². The Hall–Kier alpha value is -3.10. The lowest BCUT2D eigenvalue weighted by Gasteiger charge is -2.44. The van der Waals surface area contributed by atoms with Crippen molar-refractivity contribution < 1.29 is 24.2 Å². The predicted octanol–water partition coefficient (Wildman–Crippen LogP) is 4.74. The minimum atomic E-state index is -1.25. The second-order valence-electron chi connectivity index (χ2n) is 10.9. The lowest BCUT2D eigenvalue weighted by molar-refractivity contribution is -0.141. The second kappa shape index (κ2) is 13.3. The molecule has 0 aromatic heterocycles. The monoisotopic (exact) mass is 537 g/mol. The van der Waals surface area contributed by atoms with Gasteiger partial charge >= 0.3 is 6.09 Å². The summed E-state index contributed by atoms with van der Waals surface area (Å²) in [5.41, 5.74) is 0.463. The second-order valence-corrected chi connectivity index (χ2v) is 10.9. The molecule has 1 saturated carbocycles. The Balaban J connectivity index is 1.59. The number of piperidine rings is 1. The topological polar surface area (TPSA) is 100 Å². The Morgan fingerprint density at radius 3 is 2.54 bits per heavy atom. The quantitative estimate of drug-likeness (QED) is 0.379. The molecular formula is C31H43N3O5. The van der Waals surface area contributed by atoms with Crippen LogP contribution in [0.2, 0.25) is 0 Å². The molecule has 0 bridgehead atoms. The molecule has 1 saturated heterocycles. The average molecular weight is 538 g/mol. The normalized spacial score (nSPS) is 22.7. The van der Waals surface area contributed by atoms with Crippen LogP contribution < -0.4 is 15.4 Å². The molecule has 1 heterocycles. The van der Waals surface area contributed by atoms with Crippen molar-refractivity contribution in [3.63, 3.8) is 0 Å². The third-order valence-corrected chi connectivity index (χ3v) is 8.45. The largest absolute Gasteiger partial charge is 0.457 e. The summed E-state index contributed by atoms with van der Waals surface area (Å²) in [6.07, 6.45) is 4.88. The van der Waals surface area contributed by atoms with E-state index in [4.69, 9.17) is 9.47 Å². The molecule has 4 atom stereocenters. The lowest BCUT2D eigenvalue weighted by Crippen LogP contribution is -2.49. The van der Waals surface area contributed by atoms with Crippen molar-refractivity contribution in [2.45, 2.75) is 63.5 Å². The highest BCUT2D eigenvalue weighted by atomic mass is 16.5. The van der Waals surface area contributed by atoms with Crippen molar-refractivity contribution in [1.82, 2.24) is 15.5 Å². The van der Waals surface area contributed by atoms with E-state index in [-0.39, 0.29) is 17.7 Å². The van der Waals surface area contributed by atoms with Crippen LogP contribution in [0.5, 0.6) is 11.5 Å². The Kier molecular flexibility index (Phi) is 9.86. The maximum absolute atomic E-state index is 13.5. The molecule has 2 aromatic carbocycles. The molecule has 212 valence electrons. The summed E-state index contributed by atoms with van der Waals surface area (Å²) < 4.78 is 11.1. The van der Waals surface area contributed by atoms with Gasteiger partial charge in [0.25, 0.3) is 0 Å². The van der Waals surface area contributed by atoms with Crippen molar-refractivity contribution in [3.8, 4) is 11.5 Å². The van der Waals surface area contributed by atoms with E-state index in [0.29, 0.717) is 43.3 Å². The van der Waals surface area contributed by atoms with Gasteiger partial charge in [0.05, 0.1) is 12.7 Å². The van der Waals surface area contributed by atoms with Gasteiger partial charge in [-0.1, -0.05) is 36.4 Å². The van der Waals surface area contributed by atoms with Gasteiger partial charge in [-0.15, -0.1) is 0 Å². The molecule has 3 N–H and O–H groups in total. The Bertz CT molecular complexity index is 1120. The highest BCUT2D eigenvalue weighted by Gasteiger charge is 2.44. The number of alkyl carbamates (subject to hydrolysis) is 1. The molecule has 39 heavy (non-hydrogen) atoms. The van der Waals surface area contributed by atoms with Crippen LogP contribution in [-0.4, -0.2) is 61.8 Å². The molecule has 2 aliphatic rings. The van der Waals surface area contributed by atoms with Gasteiger partial charge in [0, 0.05) is 43.1 Å². The summed E-state index contributed by atoms with van der Waals surface area (Å²) in [7, 11) is 3.29. The summed E-state index contributed by atoms with van der Waals surface area (Å²) in [5.74, 6) is 1.41. The van der Waals surface area contributed by atoms with E-state index in [2.05, 4.69) is 10.6 Å². The van der Waals surface area contributed by atoms with E-state index in [1.54, 1.807) is 0 Å². The number of methoxy groups -OCH3 is 1. The predicted molar refractivity (Wildman–Crippen MR) is 151 cm³/mol. The average Bonchev–Trinajstić information content (AvgIpc) is 3.46.